The summed E-state index contributed by atoms with van der Waals surface area (Å²) in [5.41, 5.74) is 5.41. The molecule has 0 saturated carbocycles. The third kappa shape index (κ3) is 0.565. The van der Waals surface area contributed by atoms with Crippen LogP contribution in [0.5, 0.6) is 0 Å². The number of ether oxygens (including phenoxy) is 1. The van der Waals surface area contributed by atoms with Gasteiger partial charge in [0.25, 0.3) is 0 Å². The zero-order valence-corrected chi connectivity index (χ0v) is 5.69. The highest BCUT2D eigenvalue weighted by Gasteiger charge is 2.58. The van der Waals surface area contributed by atoms with Crippen molar-refractivity contribution in [2.75, 3.05) is 6.54 Å². The lowest BCUT2D eigenvalue weighted by Gasteiger charge is -2.01. The summed E-state index contributed by atoms with van der Waals surface area (Å²) in [5, 5.41) is 0. The second-order valence-electron chi connectivity index (χ2n) is 3.05. The standard InChI is InChI=1S/C6H13NO/c1-5(2)6(3,4-7)8-5/h4,7H2,1-3H3. The molecule has 0 aromatic rings. The van der Waals surface area contributed by atoms with Crippen LogP contribution in [0.1, 0.15) is 20.8 Å². The number of hydrogen-bond donors (Lipinski definition) is 1. The van der Waals surface area contributed by atoms with Crippen molar-refractivity contribution < 1.29 is 4.74 Å². The van der Waals surface area contributed by atoms with Crippen LogP contribution >= 0.6 is 0 Å². The van der Waals surface area contributed by atoms with Crippen LogP contribution in [0.15, 0.2) is 0 Å². The Morgan fingerprint density at radius 1 is 1.38 bits per heavy atom. The van der Waals surface area contributed by atoms with E-state index in [1.807, 2.05) is 6.92 Å². The van der Waals surface area contributed by atoms with Crippen molar-refractivity contribution in [3.8, 4) is 0 Å². The van der Waals surface area contributed by atoms with Crippen LogP contribution in [0.2, 0.25) is 0 Å². The molecule has 1 rings (SSSR count). The van der Waals surface area contributed by atoms with Gasteiger partial charge in [-0.3, -0.25) is 0 Å². The first kappa shape index (κ1) is 6.05. The summed E-state index contributed by atoms with van der Waals surface area (Å²) in [6.07, 6.45) is 0. The number of hydrogen-bond acceptors (Lipinski definition) is 2. The van der Waals surface area contributed by atoms with Crippen molar-refractivity contribution in [1.82, 2.24) is 0 Å². The van der Waals surface area contributed by atoms with Crippen LogP contribution in [0.4, 0.5) is 0 Å². The third-order valence-electron chi connectivity index (χ3n) is 2.10. The van der Waals surface area contributed by atoms with Gasteiger partial charge in [0.2, 0.25) is 0 Å². The third-order valence-corrected chi connectivity index (χ3v) is 2.10. The van der Waals surface area contributed by atoms with E-state index >= 15 is 0 Å². The van der Waals surface area contributed by atoms with E-state index in [4.69, 9.17) is 10.5 Å². The SMILES string of the molecule is CC1(C)OC1(C)CN. The summed E-state index contributed by atoms with van der Waals surface area (Å²) < 4.78 is 5.32. The first-order valence-corrected chi connectivity index (χ1v) is 2.92. The van der Waals surface area contributed by atoms with Gasteiger partial charge in [-0.2, -0.15) is 0 Å². The zero-order chi connectivity index (χ0) is 6.41. The minimum atomic E-state index is -0.0347. The molecule has 0 radical (unpaired) electrons. The molecular formula is C6H13NO. The van der Waals surface area contributed by atoms with Gasteiger partial charge < -0.3 is 10.5 Å². The highest BCUT2D eigenvalue weighted by atomic mass is 16.6. The van der Waals surface area contributed by atoms with Gasteiger partial charge in [0.15, 0.2) is 0 Å². The van der Waals surface area contributed by atoms with Gasteiger partial charge in [-0.25, -0.2) is 0 Å². The topological polar surface area (TPSA) is 38.5 Å². The molecule has 1 saturated heterocycles. The summed E-state index contributed by atoms with van der Waals surface area (Å²) in [6.45, 7) is 6.77. The van der Waals surface area contributed by atoms with Crippen LogP contribution in [0, 0.1) is 0 Å². The molecule has 0 aliphatic carbocycles. The van der Waals surface area contributed by atoms with Crippen LogP contribution in [-0.2, 0) is 4.74 Å². The van der Waals surface area contributed by atoms with Crippen LogP contribution in [-0.4, -0.2) is 17.7 Å². The molecule has 1 fully saturated rings. The van der Waals surface area contributed by atoms with Crippen molar-refractivity contribution in [2.24, 2.45) is 5.73 Å². The van der Waals surface area contributed by atoms with Gasteiger partial charge in [0, 0.05) is 6.54 Å². The van der Waals surface area contributed by atoms with Gasteiger partial charge in [-0.15, -0.1) is 0 Å². The zero-order valence-electron chi connectivity index (χ0n) is 5.69. The van der Waals surface area contributed by atoms with E-state index in [1.54, 1.807) is 0 Å². The molecule has 48 valence electrons. The maximum atomic E-state index is 5.42. The van der Waals surface area contributed by atoms with Crippen LogP contribution in [0.25, 0.3) is 0 Å². The Bertz CT molecular complexity index is 111. The molecule has 2 heteroatoms. The summed E-state index contributed by atoms with van der Waals surface area (Å²) in [4.78, 5) is 0. The van der Waals surface area contributed by atoms with Gasteiger partial charge in [0.05, 0.1) is 5.60 Å². The lowest BCUT2D eigenvalue weighted by atomic mass is 9.99. The minimum absolute atomic E-state index is 0.0295. The van der Waals surface area contributed by atoms with Crippen molar-refractivity contribution in [3.05, 3.63) is 0 Å². The first-order chi connectivity index (χ1) is 3.52. The Morgan fingerprint density at radius 3 is 1.75 bits per heavy atom. The highest BCUT2D eigenvalue weighted by Crippen LogP contribution is 2.45. The molecule has 2 nitrogen and oxygen atoms in total. The Balaban J connectivity index is 2.55. The van der Waals surface area contributed by atoms with Crippen LogP contribution < -0.4 is 5.73 Å². The second kappa shape index (κ2) is 1.25. The lowest BCUT2D eigenvalue weighted by molar-refractivity contribution is 0.289. The largest absolute Gasteiger partial charge is 0.362 e. The molecule has 1 unspecified atom stereocenters. The van der Waals surface area contributed by atoms with E-state index in [2.05, 4.69) is 13.8 Å². The van der Waals surface area contributed by atoms with Gasteiger partial charge in [-0.1, -0.05) is 0 Å². The summed E-state index contributed by atoms with van der Waals surface area (Å²) in [7, 11) is 0. The summed E-state index contributed by atoms with van der Waals surface area (Å²) >= 11 is 0. The molecule has 8 heavy (non-hydrogen) atoms. The number of epoxide rings is 1. The first-order valence-electron chi connectivity index (χ1n) is 2.92. The molecular weight excluding hydrogens is 102 g/mol. The molecule has 1 aliphatic rings. The molecule has 1 heterocycles. The van der Waals surface area contributed by atoms with Gasteiger partial charge >= 0.3 is 0 Å². The Hall–Kier alpha value is -0.0800. The highest BCUT2D eigenvalue weighted by molar-refractivity contribution is 5.08. The van der Waals surface area contributed by atoms with Crippen molar-refractivity contribution in [3.63, 3.8) is 0 Å². The predicted octanol–water partition coefficient (Wildman–Crippen LogP) is 0.513. The average molecular weight is 115 g/mol. The Morgan fingerprint density at radius 2 is 1.75 bits per heavy atom. The molecule has 0 aromatic heterocycles. The van der Waals surface area contributed by atoms with E-state index in [9.17, 15) is 0 Å². The van der Waals surface area contributed by atoms with E-state index in [0.29, 0.717) is 6.54 Å². The summed E-state index contributed by atoms with van der Waals surface area (Å²) in [6, 6.07) is 0. The lowest BCUT2D eigenvalue weighted by Crippen LogP contribution is -2.26. The minimum Gasteiger partial charge on any atom is -0.362 e. The fraction of sp³-hybridized carbons (Fsp3) is 1.00. The Labute approximate surface area is 50.0 Å². The van der Waals surface area contributed by atoms with E-state index in [0.717, 1.165) is 0 Å². The maximum Gasteiger partial charge on any atom is 0.107 e. The predicted molar refractivity (Wildman–Crippen MR) is 32.6 cm³/mol. The second-order valence-corrected chi connectivity index (χ2v) is 3.05. The number of nitrogens with two attached hydrogens (primary N) is 1. The maximum absolute atomic E-state index is 5.42. The summed E-state index contributed by atoms with van der Waals surface area (Å²) in [5.74, 6) is 0. The normalized spacial score (nSPS) is 42.0. The molecule has 0 amide bonds. The average Bonchev–Trinajstić information content (AvgIpc) is 2.10. The van der Waals surface area contributed by atoms with Crippen LogP contribution in [0.3, 0.4) is 0 Å². The van der Waals surface area contributed by atoms with Crippen molar-refractivity contribution in [2.45, 2.75) is 32.0 Å². The molecule has 0 aromatic carbocycles. The van der Waals surface area contributed by atoms with Crippen molar-refractivity contribution >= 4 is 0 Å². The monoisotopic (exact) mass is 115 g/mol. The fourth-order valence-corrected chi connectivity index (χ4v) is 0.825. The van der Waals surface area contributed by atoms with E-state index in [1.165, 1.54) is 0 Å². The van der Waals surface area contributed by atoms with Crippen molar-refractivity contribution in [1.29, 1.82) is 0 Å². The quantitative estimate of drug-likeness (QED) is 0.506. The molecule has 0 spiro atoms. The van der Waals surface area contributed by atoms with E-state index in [-0.39, 0.29) is 11.2 Å². The van der Waals surface area contributed by atoms with E-state index < -0.39 is 0 Å². The Kier molecular flexibility index (Phi) is 0.946. The smallest absolute Gasteiger partial charge is 0.107 e. The molecule has 1 atom stereocenters. The molecule has 2 N–H and O–H groups in total. The van der Waals surface area contributed by atoms with Gasteiger partial charge in [0.1, 0.15) is 5.60 Å². The van der Waals surface area contributed by atoms with Gasteiger partial charge in [-0.05, 0) is 20.8 Å². The molecule has 1 aliphatic heterocycles. The number of rotatable bonds is 1. The fourth-order valence-electron chi connectivity index (χ4n) is 0.825. The molecule has 0 bridgehead atoms.